The summed E-state index contributed by atoms with van der Waals surface area (Å²) in [6, 6.07) is 0. The number of hydrogen-bond acceptors (Lipinski definition) is 2. The fraction of sp³-hybridized carbons (Fsp3) is 0.889. The van der Waals surface area contributed by atoms with Gasteiger partial charge < -0.3 is 9.84 Å². The Morgan fingerprint density at radius 2 is 2.08 bits per heavy atom. The number of hydrogen-bond donors (Lipinski definition) is 1. The Balaban J connectivity index is 1.93. The van der Waals surface area contributed by atoms with E-state index in [2.05, 4.69) is 0 Å². The Kier molecular flexibility index (Phi) is 2.05. The molecule has 0 aromatic carbocycles. The Hall–Kier alpha value is -0.570. The van der Waals surface area contributed by atoms with Crippen molar-refractivity contribution >= 4 is 5.97 Å². The minimum atomic E-state index is -0.686. The van der Waals surface area contributed by atoms with Crippen LogP contribution in [0.3, 0.4) is 0 Å². The zero-order chi connectivity index (χ0) is 8.55. The van der Waals surface area contributed by atoms with E-state index in [0.29, 0.717) is 6.10 Å². The van der Waals surface area contributed by atoms with Gasteiger partial charge in [0, 0.05) is 0 Å². The van der Waals surface area contributed by atoms with Crippen LogP contribution >= 0.6 is 0 Å². The molecule has 0 radical (unpaired) electrons. The lowest BCUT2D eigenvalue weighted by atomic mass is 9.92. The Bertz CT molecular complexity index is 190. The SMILES string of the molecule is O=C(O)CC1CCC2CCC1O2. The van der Waals surface area contributed by atoms with E-state index >= 15 is 0 Å². The quantitative estimate of drug-likeness (QED) is 0.681. The van der Waals surface area contributed by atoms with E-state index < -0.39 is 5.97 Å². The molecular weight excluding hydrogens is 156 g/mol. The fourth-order valence-corrected chi connectivity index (χ4v) is 2.34. The van der Waals surface area contributed by atoms with Gasteiger partial charge >= 0.3 is 5.97 Å². The van der Waals surface area contributed by atoms with Gasteiger partial charge in [0.05, 0.1) is 18.6 Å². The van der Waals surface area contributed by atoms with Gasteiger partial charge in [-0.1, -0.05) is 0 Å². The second-order valence-corrected chi connectivity index (χ2v) is 3.81. The third-order valence-electron chi connectivity index (χ3n) is 2.96. The molecule has 2 aliphatic rings. The average Bonchev–Trinajstić information content (AvgIpc) is 2.39. The van der Waals surface area contributed by atoms with Gasteiger partial charge in [0.2, 0.25) is 0 Å². The molecule has 2 fully saturated rings. The monoisotopic (exact) mass is 170 g/mol. The van der Waals surface area contributed by atoms with Gasteiger partial charge in [-0.25, -0.2) is 0 Å². The van der Waals surface area contributed by atoms with Crippen LogP contribution in [0.25, 0.3) is 0 Å². The number of carbonyl (C=O) groups is 1. The minimum absolute atomic E-state index is 0.250. The van der Waals surface area contributed by atoms with Crippen molar-refractivity contribution in [3.63, 3.8) is 0 Å². The maximum atomic E-state index is 10.5. The first kappa shape index (κ1) is 8.05. The largest absolute Gasteiger partial charge is 0.481 e. The Labute approximate surface area is 71.7 Å². The Morgan fingerprint density at radius 3 is 2.83 bits per heavy atom. The van der Waals surface area contributed by atoms with Gasteiger partial charge in [-0.15, -0.1) is 0 Å². The molecule has 0 saturated carbocycles. The van der Waals surface area contributed by atoms with Crippen LogP contribution in [0, 0.1) is 5.92 Å². The lowest BCUT2D eigenvalue weighted by Gasteiger charge is -2.27. The van der Waals surface area contributed by atoms with Crippen molar-refractivity contribution in [3.05, 3.63) is 0 Å². The summed E-state index contributed by atoms with van der Waals surface area (Å²) < 4.78 is 5.65. The van der Waals surface area contributed by atoms with Crippen LogP contribution in [0.15, 0.2) is 0 Å². The summed E-state index contributed by atoms with van der Waals surface area (Å²) in [7, 11) is 0. The highest BCUT2D eigenvalue weighted by Crippen LogP contribution is 2.37. The predicted octanol–water partition coefficient (Wildman–Crippen LogP) is 1.42. The van der Waals surface area contributed by atoms with Crippen LogP contribution in [-0.2, 0) is 9.53 Å². The molecule has 68 valence electrons. The molecular formula is C9H14O3. The number of fused-ring (bicyclic) bond motifs is 2. The van der Waals surface area contributed by atoms with Gasteiger partial charge in [0.1, 0.15) is 0 Å². The summed E-state index contributed by atoms with van der Waals surface area (Å²) in [4.78, 5) is 10.5. The zero-order valence-corrected chi connectivity index (χ0v) is 7.03. The van der Waals surface area contributed by atoms with Crippen molar-refractivity contribution < 1.29 is 14.6 Å². The summed E-state index contributed by atoms with van der Waals surface area (Å²) >= 11 is 0. The second-order valence-electron chi connectivity index (χ2n) is 3.81. The topological polar surface area (TPSA) is 46.5 Å². The number of rotatable bonds is 2. The zero-order valence-electron chi connectivity index (χ0n) is 7.03. The third kappa shape index (κ3) is 1.46. The van der Waals surface area contributed by atoms with Crippen molar-refractivity contribution in [2.45, 2.75) is 44.3 Å². The molecule has 1 N–H and O–H groups in total. The highest BCUT2D eigenvalue weighted by molar-refractivity contribution is 5.67. The van der Waals surface area contributed by atoms with E-state index in [9.17, 15) is 4.79 Å². The van der Waals surface area contributed by atoms with Crippen molar-refractivity contribution in [1.82, 2.24) is 0 Å². The summed E-state index contributed by atoms with van der Waals surface area (Å²) in [5.74, 6) is -0.407. The van der Waals surface area contributed by atoms with E-state index in [1.165, 1.54) is 0 Å². The fourth-order valence-electron chi connectivity index (χ4n) is 2.34. The van der Waals surface area contributed by atoms with E-state index in [-0.39, 0.29) is 18.4 Å². The molecule has 2 heterocycles. The summed E-state index contributed by atoms with van der Waals surface area (Å²) in [5, 5.41) is 8.64. The van der Waals surface area contributed by atoms with E-state index in [1.54, 1.807) is 0 Å². The molecule has 2 saturated heterocycles. The Morgan fingerprint density at radius 1 is 1.33 bits per heavy atom. The molecule has 0 spiro atoms. The van der Waals surface area contributed by atoms with E-state index in [0.717, 1.165) is 25.7 Å². The van der Waals surface area contributed by atoms with E-state index in [1.807, 2.05) is 0 Å². The third-order valence-corrected chi connectivity index (χ3v) is 2.96. The van der Waals surface area contributed by atoms with Gasteiger partial charge in [-0.05, 0) is 31.6 Å². The maximum Gasteiger partial charge on any atom is 0.303 e. The molecule has 3 unspecified atom stereocenters. The first-order chi connectivity index (χ1) is 5.75. The lowest BCUT2D eigenvalue weighted by Crippen LogP contribution is -2.29. The van der Waals surface area contributed by atoms with Crippen LogP contribution in [-0.4, -0.2) is 23.3 Å². The molecule has 2 bridgehead atoms. The van der Waals surface area contributed by atoms with Crippen LogP contribution in [0.4, 0.5) is 0 Å². The number of ether oxygens (including phenoxy) is 1. The maximum absolute atomic E-state index is 10.5. The molecule has 3 nitrogen and oxygen atoms in total. The van der Waals surface area contributed by atoms with Crippen LogP contribution in [0.2, 0.25) is 0 Å². The highest BCUT2D eigenvalue weighted by atomic mass is 16.5. The molecule has 2 rings (SSSR count). The van der Waals surface area contributed by atoms with Gasteiger partial charge in [-0.3, -0.25) is 4.79 Å². The molecule has 0 amide bonds. The van der Waals surface area contributed by atoms with Crippen LogP contribution in [0.1, 0.15) is 32.1 Å². The lowest BCUT2D eigenvalue weighted by molar-refractivity contribution is -0.140. The number of carboxylic acids is 1. The average molecular weight is 170 g/mol. The first-order valence-electron chi connectivity index (χ1n) is 4.63. The standard InChI is InChI=1S/C9H14O3/c10-9(11)5-6-1-2-7-3-4-8(6)12-7/h6-8H,1-5H2,(H,10,11). The second kappa shape index (κ2) is 3.05. The first-order valence-corrected chi connectivity index (χ1v) is 4.63. The summed E-state index contributed by atoms with van der Waals surface area (Å²) in [6.07, 6.45) is 5.30. The highest BCUT2D eigenvalue weighted by Gasteiger charge is 2.37. The van der Waals surface area contributed by atoms with Crippen molar-refractivity contribution in [3.8, 4) is 0 Å². The van der Waals surface area contributed by atoms with Crippen LogP contribution in [0.5, 0.6) is 0 Å². The smallest absolute Gasteiger partial charge is 0.303 e. The van der Waals surface area contributed by atoms with Gasteiger partial charge in [0.15, 0.2) is 0 Å². The van der Waals surface area contributed by atoms with Crippen molar-refractivity contribution in [2.75, 3.05) is 0 Å². The number of carboxylic acid groups (broad SMARTS) is 1. The summed E-state index contributed by atoms with van der Waals surface area (Å²) in [5.41, 5.74) is 0. The summed E-state index contributed by atoms with van der Waals surface area (Å²) in [6.45, 7) is 0. The van der Waals surface area contributed by atoms with Crippen LogP contribution < -0.4 is 0 Å². The van der Waals surface area contributed by atoms with Crippen molar-refractivity contribution in [2.24, 2.45) is 5.92 Å². The van der Waals surface area contributed by atoms with Crippen molar-refractivity contribution in [1.29, 1.82) is 0 Å². The molecule has 0 aromatic heterocycles. The molecule has 2 aliphatic heterocycles. The predicted molar refractivity (Wildman–Crippen MR) is 42.9 cm³/mol. The van der Waals surface area contributed by atoms with Gasteiger partial charge in [0.25, 0.3) is 0 Å². The number of aliphatic carboxylic acids is 1. The van der Waals surface area contributed by atoms with Gasteiger partial charge in [-0.2, -0.15) is 0 Å². The molecule has 3 heteroatoms. The minimum Gasteiger partial charge on any atom is -0.481 e. The normalized spacial score (nSPS) is 39.8. The molecule has 0 aliphatic carbocycles. The van der Waals surface area contributed by atoms with E-state index in [4.69, 9.17) is 9.84 Å². The molecule has 0 aromatic rings. The molecule has 3 atom stereocenters. The molecule has 12 heavy (non-hydrogen) atoms.